The number of morpholine rings is 1. The molecule has 1 N–H and O–H groups in total. The highest BCUT2D eigenvalue weighted by molar-refractivity contribution is 5.66. The summed E-state index contributed by atoms with van der Waals surface area (Å²) in [6, 6.07) is 8.97. The van der Waals surface area contributed by atoms with E-state index in [2.05, 4.69) is 4.90 Å². The average molecular weight is 391 g/mol. The molecule has 2 aromatic carbocycles. The van der Waals surface area contributed by atoms with Crippen molar-refractivity contribution in [1.82, 2.24) is 4.90 Å². The number of aliphatic carboxylic acids is 1. The highest BCUT2D eigenvalue weighted by Crippen LogP contribution is 2.28. The minimum absolute atomic E-state index is 0.00773. The SMILES string of the molecule is Cc1cc(OCc2ccc(F)cc2F)ccc1C1CN(CCC(=O)O)CCO1. The topological polar surface area (TPSA) is 59.0 Å². The Morgan fingerprint density at radius 3 is 2.82 bits per heavy atom. The molecule has 1 fully saturated rings. The Morgan fingerprint density at radius 1 is 1.29 bits per heavy atom. The number of carboxylic acid groups (broad SMARTS) is 1. The number of rotatable bonds is 7. The Kier molecular flexibility index (Phi) is 6.59. The third-order valence-electron chi connectivity index (χ3n) is 4.79. The number of aryl methyl sites for hydroxylation is 1. The van der Waals surface area contributed by atoms with Crippen LogP contribution in [0.2, 0.25) is 0 Å². The van der Waals surface area contributed by atoms with Crippen molar-refractivity contribution in [3.8, 4) is 5.75 Å². The summed E-state index contributed by atoms with van der Waals surface area (Å²) in [6.07, 6.45) is -0.0237. The second-order valence-electron chi connectivity index (χ2n) is 6.85. The molecule has 1 unspecified atom stereocenters. The van der Waals surface area contributed by atoms with Gasteiger partial charge in [0.2, 0.25) is 0 Å². The van der Waals surface area contributed by atoms with E-state index in [0.29, 0.717) is 32.0 Å². The summed E-state index contributed by atoms with van der Waals surface area (Å²) in [5, 5.41) is 8.85. The summed E-state index contributed by atoms with van der Waals surface area (Å²) < 4.78 is 38.2. The fourth-order valence-corrected chi connectivity index (χ4v) is 3.25. The van der Waals surface area contributed by atoms with Crippen LogP contribution in [-0.2, 0) is 16.1 Å². The van der Waals surface area contributed by atoms with Crippen molar-refractivity contribution >= 4 is 5.97 Å². The maximum absolute atomic E-state index is 13.7. The summed E-state index contributed by atoms with van der Waals surface area (Å²) in [5.41, 5.74) is 2.27. The van der Waals surface area contributed by atoms with Gasteiger partial charge in [0.05, 0.1) is 19.1 Å². The number of nitrogens with zero attached hydrogens (tertiary/aromatic N) is 1. The molecule has 0 radical (unpaired) electrons. The van der Waals surface area contributed by atoms with Crippen molar-refractivity contribution in [2.24, 2.45) is 0 Å². The van der Waals surface area contributed by atoms with E-state index in [1.54, 1.807) is 6.07 Å². The lowest BCUT2D eigenvalue weighted by Gasteiger charge is -2.33. The zero-order valence-electron chi connectivity index (χ0n) is 15.7. The Labute approximate surface area is 162 Å². The first-order valence-corrected chi connectivity index (χ1v) is 9.15. The maximum atomic E-state index is 13.7. The van der Waals surface area contributed by atoms with Gasteiger partial charge in [0, 0.05) is 31.3 Å². The first-order chi connectivity index (χ1) is 13.4. The molecule has 1 aliphatic rings. The van der Waals surface area contributed by atoms with Crippen LogP contribution in [0.15, 0.2) is 36.4 Å². The zero-order valence-corrected chi connectivity index (χ0v) is 15.7. The molecule has 1 atom stereocenters. The van der Waals surface area contributed by atoms with Gasteiger partial charge in [-0.25, -0.2) is 8.78 Å². The normalized spacial score (nSPS) is 17.5. The van der Waals surface area contributed by atoms with Crippen molar-refractivity contribution in [3.63, 3.8) is 0 Å². The van der Waals surface area contributed by atoms with Gasteiger partial charge in [-0.3, -0.25) is 9.69 Å². The largest absolute Gasteiger partial charge is 0.489 e. The van der Waals surface area contributed by atoms with Crippen LogP contribution in [0.3, 0.4) is 0 Å². The molecule has 0 spiro atoms. The number of benzene rings is 2. The van der Waals surface area contributed by atoms with Crippen LogP contribution in [0.1, 0.15) is 29.2 Å². The quantitative estimate of drug-likeness (QED) is 0.780. The molecule has 1 saturated heterocycles. The number of ether oxygens (including phenoxy) is 2. The van der Waals surface area contributed by atoms with Crippen LogP contribution >= 0.6 is 0 Å². The molecule has 2 aromatic rings. The highest BCUT2D eigenvalue weighted by atomic mass is 19.1. The molecule has 1 aliphatic heterocycles. The molecule has 150 valence electrons. The third-order valence-corrected chi connectivity index (χ3v) is 4.79. The van der Waals surface area contributed by atoms with Crippen LogP contribution < -0.4 is 4.74 Å². The monoisotopic (exact) mass is 391 g/mol. The minimum atomic E-state index is -0.807. The third kappa shape index (κ3) is 5.27. The van der Waals surface area contributed by atoms with E-state index in [1.807, 2.05) is 19.1 Å². The van der Waals surface area contributed by atoms with Gasteiger partial charge in [-0.15, -0.1) is 0 Å². The van der Waals surface area contributed by atoms with E-state index in [1.165, 1.54) is 12.1 Å². The average Bonchev–Trinajstić information content (AvgIpc) is 2.66. The van der Waals surface area contributed by atoms with E-state index < -0.39 is 17.6 Å². The Hall–Kier alpha value is -2.51. The summed E-state index contributed by atoms with van der Waals surface area (Å²) in [7, 11) is 0. The fraction of sp³-hybridized carbons (Fsp3) is 0.381. The van der Waals surface area contributed by atoms with Gasteiger partial charge in [0.15, 0.2) is 0 Å². The number of hydrogen-bond acceptors (Lipinski definition) is 4. The number of hydrogen-bond donors (Lipinski definition) is 1. The molecular formula is C21H23F2NO4. The number of halogens is 2. The van der Waals surface area contributed by atoms with Gasteiger partial charge in [-0.2, -0.15) is 0 Å². The van der Waals surface area contributed by atoms with Gasteiger partial charge < -0.3 is 14.6 Å². The van der Waals surface area contributed by atoms with Crippen molar-refractivity contribution in [2.45, 2.75) is 26.1 Å². The van der Waals surface area contributed by atoms with Crippen LogP contribution in [-0.4, -0.2) is 42.2 Å². The van der Waals surface area contributed by atoms with E-state index in [0.717, 1.165) is 17.2 Å². The van der Waals surface area contributed by atoms with E-state index in [9.17, 15) is 13.6 Å². The molecule has 0 saturated carbocycles. The summed E-state index contributed by atoms with van der Waals surface area (Å²) in [5.74, 6) is -1.47. The zero-order chi connectivity index (χ0) is 20.1. The van der Waals surface area contributed by atoms with Crippen LogP contribution in [0.4, 0.5) is 8.78 Å². The Balaban J connectivity index is 1.62. The van der Waals surface area contributed by atoms with Crippen molar-refractivity contribution in [1.29, 1.82) is 0 Å². The van der Waals surface area contributed by atoms with Crippen LogP contribution in [0, 0.1) is 18.6 Å². The first kappa shape index (κ1) is 20.2. The first-order valence-electron chi connectivity index (χ1n) is 9.15. The van der Waals surface area contributed by atoms with Crippen molar-refractivity contribution in [3.05, 3.63) is 64.7 Å². The summed E-state index contributed by atoms with van der Waals surface area (Å²) in [4.78, 5) is 12.9. The predicted molar refractivity (Wildman–Crippen MR) is 99.3 cm³/mol. The van der Waals surface area contributed by atoms with Gasteiger partial charge >= 0.3 is 5.97 Å². The van der Waals surface area contributed by atoms with E-state index >= 15 is 0 Å². The molecular weight excluding hydrogens is 368 g/mol. The minimum Gasteiger partial charge on any atom is -0.489 e. The summed E-state index contributed by atoms with van der Waals surface area (Å²) >= 11 is 0. The fourth-order valence-electron chi connectivity index (χ4n) is 3.25. The lowest BCUT2D eigenvalue weighted by Crippen LogP contribution is -2.39. The van der Waals surface area contributed by atoms with Gasteiger partial charge in [-0.1, -0.05) is 6.07 Å². The van der Waals surface area contributed by atoms with E-state index in [4.69, 9.17) is 14.6 Å². The Bertz CT molecular complexity index is 843. The summed E-state index contributed by atoms with van der Waals surface area (Å²) in [6.45, 7) is 4.35. The molecule has 0 aliphatic carbocycles. The lowest BCUT2D eigenvalue weighted by molar-refractivity contribution is -0.137. The predicted octanol–water partition coefficient (Wildman–Crippen LogP) is 3.70. The molecule has 0 bridgehead atoms. The Morgan fingerprint density at radius 2 is 2.11 bits per heavy atom. The molecule has 7 heteroatoms. The van der Waals surface area contributed by atoms with Gasteiger partial charge in [0.25, 0.3) is 0 Å². The lowest BCUT2D eigenvalue weighted by atomic mass is 10.0. The number of carboxylic acids is 1. The number of carbonyl (C=O) groups is 1. The van der Waals surface area contributed by atoms with Crippen LogP contribution in [0.5, 0.6) is 5.75 Å². The smallest absolute Gasteiger partial charge is 0.304 e. The second-order valence-corrected chi connectivity index (χ2v) is 6.85. The van der Waals surface area contributed by atoms with E-state index in [-0.39, 0.29) is 24.7 Å². The molecule has 0 aromatic heterocycles. The highest BCUT2D eigenvalue weighted by Gasteiger charge is 2.23. The van der Waals surface area contributed by atoms with Crippen molar-refractivity contribution < 1.29 is 28.2 Å². The molecule has 28 heavy (non-hydrogen) atoms. The van der Waals surface area contributed by atoms with Gasteiger partial charge in [0.1, 0.15) is 24.0 Å². The molecule has 1 heterocycles. The van der Waals surface area contributed by atoms with Crippen molar-refractivity contribution in [2.75, 3.05) is 26.2 Å². The van der Waals surface area contributed by atoms with Gasteiger partial charge in [-0.05, 0) is 42.3 Å². The standard InChI is InChI=1S/C21H23F2NO4/c1-14-10-17(28-13-15-2-3-16(22)11-19(15)23)4-5-18(14)20-12-24(8-9-27-20)7-6-21(25)26/h2-5,10-11,20H,6-9,12-13H2,1H3,(H,25,26). The van der Waals surface area contributed by atoms with Crippen LogP contribution in [0.25, 0.3) is 0 Å². The maximum Gasteiger partial charge on any atom is 0.304 e. The molecule has 0 amide bonds. The molecule has 3 rings (SSSR count). The molecule has 5 nitrogen and oxygen atoms in total. The second kappa shape index (κ2) is 9.12.